The SMILES string of the molecule is NCC1(CCNS(=O)(=O)C(F)(F)F)C2CC3CC(C2)CC1C3. The van der Waals surface area contributed by atoms with Gasteiger partial charge in [0.05, 0.1) is 0 Å². The quantitative estimate of drug-likeness (QED) is 0.806. The minimum absolute atomic E-state index is 0.179. The highest BCUT2D eigenvalue weighted by Crippen LogP contribution is 2.63. The molecule has 0 amide bonds. The summed E-state index contributed by atoms with van der Waals surface area (Å²) in [6.45, 7) is 0.261. The first-order valence-corrected chi connectivity index (χ1v) is 9.42. The summed E-state index contributed by atoms with van der Waals surface area (Å²) in [6, 6.07) is 0. The number of nitrogens with two attached hydrogens (primary N) is 1. The molecule has 4 aliphatic carbocycles. The highest BCUT2D eigenvalue weighted by molar-refractivity contribution is 7.90. The highest BCUT2D eigenvalue weighted by Gasteiger charge is 2.56. The summed E-state index contributed by atoms with van der Waals surface area (Å²) in [5, 5.41) is 0. The molecule has 4 aliphatic rings. The van der Waals surface area contributed by atoms with Gasteiger partial charge >= 0.3 is 15.5 Å². The summed E-state index contributed by atoms with van der Waals surface area (Å²) in [4.78, 5) is 0. The van der Waals surface area contributed by atoms with E-state index in [1.54, 1.807) is 4.72 Å². The van der Waals surface area contributed by atoms with Crippen LogP contribution in [0.2, 0.25) is 0 Å². The first kappa shape index (κ1) is 16.5. The third-order valence-corrected chi connectivity index (χ3v) is 7.53. The Hall–Kier alpha value is -0.340. The maximum Gasteiger partial charge on any atom is 0.511 e. The van der Waals surface area contributed by atoms with E-state index >= 15 is 0 Å². The summed E-state index contributed by atoms with van der Waals surface area (Å²) < 4.78 is 61.1. The molecule has 0 radical (unpaired) electrons. The second-order valence-electron chi connectivity index (χ2n) is 7.34. The smallest absolute Gasteiger partial charge is 0.330 e. The van der Waals surface area contributed by atoms with Crippen molar-refractivity contribution in [1.82, 2.24) is 4.72 Å². The Bertz CT molecular complexity index is 505. The summed E-state index contributed by atoms with van der Waals surface area (Å²) in [6.07, 6.45) is 6.13. The van der Waals surface area contributed by atoms with Gasteiger partial charge in [0.1, 0.15) is 0 Å². The van der Waals surface area contributed by atoms with Crippen molar-refractivity contribution < 1.29 is 21.6 Å². The third-order valence-electron chi connectivity index (χ3n) is 6.33. The Balaban J connectivity index is 1.68. The molecule has 4 bridgehead atoms. The Morgan fingerprint density at radius 3 is 1.95 bits per heavy atom. The van der Waals surface area contributed by atoms with Crippen molar-refractivity contribution in [3.05, 3.63) is 0 Å². The predicted molar refractivity (Wildman–Crippen MR) is 76.1 cm³/mol. The number of hydrogen-bond acceptors (Lipinski definition) is 3. The lowest BCUT2D eigenvalue weighted by atomic mass is 9.44. The van der Waals surface area contributed by atoms with Gasteiger partial charge in [-0.2, -0.15) is 13.2 Å². The molecule has 0 heterocycles. The van der Waals surface area contributed by atoms with E-state index in [1.165, 1.54) is 6.42 Å². The van der Waals surface area contributed by atoms with Gasteiger partial charge in [0, 0.05) is 6.54 Å². The molecule has 8 heteroatoms. The van der Waals surface area contributed by atoms with Crippen LogP contribution in [0.1, 0.15) is 38.5 Å². The first-order chi connectivity index (χ1) is 10.2. The number of hydrogen-bond donors (Lipinski definition) is 2. The maximum atomic E-state index is 12.4. The average molecular weight is 340 g/mol. The van der Waals surface area contributed by atoms with Gasteiger partial charge in [-0.05, 0) is 74.2 Å². The monoisotopic (exact) mass is 340 g/mol. The zero-order chi connectivity index (χ0) is 16.2. The van der Waals surface area contributed by atoms with Crippen molar-refractivity contribution in [2.75, 3.05) is 13.1 Å². The van der Waals surface area contributed by atoms with Gasteiger partial charge < -0.3 is 5.73 Å². The minimum atomic E-state index is -5.25. The van der Waals surface area contributed by atoms with Crippen molar-refractivity contribution in [3.63, 3.8) is 0 Å². The molecule has 22 heavy (non-hydrogen) atoms. The highest BCUT2D eigenvalue weighted by atomic mass is 32.2. The second kappa shape index (κ2) is 5.34. The lowest BCUT2D eigenvalue weighted by Gasteiger charge is -2.61. The topological polar surface area (TPSA) is 72.2 Å². The fourth-order valence-electron chi connectivity index (χ4n) is 5.47. The lowest BCUT2D eigenvalue weighted by Crippen LogP contribution is -2.57. The van der Waals surface area contributed by atoms with Gasteiger partial charge in [0.2, 0.25) is 0 Å². The number of halogens is 3. The Morgan fingerprint density at radius 2 is 1.55 bits per heavy atom. The molecule has 0 saturated heterocycles. The number of nitrogens with one attached hydrogen (secondary N) is 1. The van der Waals surface area contributed by atoms with E-state index < -0.39 is 15.5 Å². The molecule has 128 valence electrons. The fraction of sp³-hybridized carbons (Fsp3) is 1.00. The van der Waals surface area contributed by atoms with Crippen LogP contribution in [0.3, 0.4) is 0 Å². The van der Waals surface area contributed by atoms with Gasteiger partial charge in [-0.15, -0.1) is 0 Å². The fourth-order valence-corrected chi connectivity index (χ4v) is 6.00. The van der Waals surface area contributed by atoms with E-state index in [0.717, 1.165) is 37.5 Å². The standard InChI is InChI=1S/C14H23F3N2O2S/c15-14(16,17)22(20,21)19-2-1-13(8-18)11-4-9-3-10(6-11)7-12(13)5-9/h9-12,19H,1-8,18H2. The van der Waals surface area contributed by atoms with Crippen LogP contribution in [-0.4, -0.2) is 27.0 Å². The summed E-state index contributed by atoms with van der Waals surface area (Å²) in [5.74, 6) is 2.39. The molecule has 0 unspecified atom stereocenters. The Kier molecular flexibility index (Phi) is 4.01. The van der Waals surface area contributed by atoms with Crippen molar-refractivity contribution in [2.24, 2.45) is 34.8 Å². The van der Waals surface area contributed by atoms with Crippen LogP contribution < -0.4 is 10.5 Å². The Morgan fingerprint density at radius 1 is 1.05 bits per heavy atom. The second-order valence-corrected chi connectivity index (χ2v) is 9.09. The van der Waals surface area contributed by atoms with Crippen LogP contribution in [0.4, 0.5) is 13.2 Å². The van der Waals surface area contributed by atoms with Crippen molar-refractivity contribution in [3.8, 4) is 0 Å². The van der Waals surface area contributed by atoms with E-state index in [9.17, 15) is 21.6 Å². The number of rotatable bonds is 5. The average Bonchev–Trinajstić information content (AvgIpc) is 2.40. The molecule has 0 spiro atoms. The van der Waals surface area contributed by atoms with Gasteiger partial charge in [0.15, 0.2) is 0 Å². The molecule has 4 saturated carbocycles. The zero-order valence-corrected chi connectivity index (χ0v) is 13.2. The van der Waals surface area contributed by atoms with Gasteiger partial charge in [-0.1, -0.05) is 0 Å². The van der Waals surface area contributed by atoms with Crippen molar-refractivity contribution in [2.45, 2.75) is 44.0 Å². The van der Waals surface area contributed by atoms with E-state index in [0.29, 0.717) is 24.8 Å². The first-order valence-electron chi connectivity index (χ1n) is 7.94. The van der Waals surface area contributed by atoms with Crippen LogP contribution in [-0.2, 0) is 10.0 Å². The number of alkyl halides is 3. The molecule has 0 aromatic heterocycles. The van der Waals surface area contributed by atoms with Crippen LogP contribution in [0, 0.1) is 29.1 Å². The molecule has 0 atom stereocenters. The van der Waals surface area contributed by atoms with E-state index in [1.807, 2.05) is 0 Å². The third kappa shape index (κ3) is 2.57. The van der Waals surface area contributed by atoms with E-state index in [-0.39, 0.29) is 12.0 Å². The molecule has 4 fully saturated rings. The molecule has 4 rings (SSSR count). The molecule has 4 nitrogen and oxygen atoms in total. The van der Waals surface area contributed by atoms with Gasteiger partial charge in [0.25, 0.3) is 0 Å². The van der Waals surface area contributed by atoms with E-state index in [4.69, 9.17) is 5.73 Å². The van der Waals surface area contributed by atoms with E-state index in [2.05, 4.69) is 0 Å². The van der Waals surface area contributed by atoms with Crippen LogP contribution in [0.5, 0.6) is 0 Å². The molecule has 0 aromatic rings. The molecular formula is C14H23F3N2O2S. The largest absolute Gasteiger partial charge is 0.511 e. The number of sulfonamides is 1. The molecular weight excluding hydrogens is 317 g/mol. The summed E-state index contributed by atoms with van der Waals surface area (Å²) >= 11 is 0. The molecule has 0 aromatic carbocycles. The van der Waals surface area contributed by atoms with Gasteiger partial charge in [-0.25, -0.2) is 13.1 Å². The Labute approximate surface area is 129 Å². The van der Waals surface area contributed by atoms with Crippen molar-refractivity contribution in [1.29, 1.82) is 0 Å². The zero-order valence-electron chi connectivity index (χ0n) is 12.4. The summed E-state index contributed by atoms with van der Waals surface area (Å²) in [5.41, 5.74) is 0.603. The normalized spacial score (nSPS) is 41.1. The van der Waals surface area contributed by atoms with Crippen LogP contribution in [0.25, 0.3) is 0 Å². The van der Waals surface area contributed by atoms with Crippen LogP contribution >= 0.6 is 0 Å². The predicted octanol–water partition coefficient (Wildman–Crippen LogP) is 2.22. The van der Waals surface area contributed by atoms with Crippen molar-refractivity contribution >= 4 is 10.0 Å². The lowest BCUT2D eigenvalue weighted by molar-refractivity contribution is -0.107. The molecule has 0 aliphatic heterocycles. The molecule has 3 N–H and O–H groups in total. The maximum absolute atomic E-state index is 12.4. The minimum Gasteiger partial charge on any atom is -0.330 e. The summed E-state index contributed by atoms with van der Waals surface area (Å²) in [7, 11) is -5.25. The van der Waals surface area contributed by atoms with Gasteiger partial charge in [-0.3, -0.25) is 0 Å². The van der Waals surface area contributed by atoms with Crippen LogP contribution in [0.15, 0.2) is 0 Å².